The summed E-state index contributed by atoms with van der Waals surface area (Å²) in [5.74, 6) is 0.507. The van der Waals surface area contributed by atoms with Crippen molar-refractivity contribution in [3.63, 3.8) is 0 Å². The third kappa shape index (κ3) is 4.34. The van der Waals surface area contributed by atoms with Gasteiger partial charge in [0.1, 0.15) is 11.9 Å². The van der Waals surface area contributed by atoms with Gasteiger partial charge in [-0.3, -0.25) is 5.10 Å². The molecule has 0 aliphatic carbocycles. The fraction of sp³-hybridized carbons (Fsp3) is 0.176. The summed E-state index contributed by atoms with van der Waals surface area (Å²) in [4.78, 5) is 3.18. The Labute approximate surface area is 163 Å². The Kier molecular flexibility index (Phi) is 5.46. The standard InChI is InChI=1S/C17H14ClF3N4O2S/c1-10-22-16(24-23-10)15(11-5-3-2-4-6-11)25-28(26,27)14-8-7-12(18)9-13(14)17(19,20)21/h2-9,15,25H,1H3,(H,22,23,24). The first-order chi connectivity index (χ1) is 13.1. The minimum atomic E-state index is -4.90. The van der Waals surface area contributed by atoms with E-state index in [1.807, 2.05) is 0 Å². The summed E-state index contributed by atoms with van der Waals surface area (Å²) in [6.45, 7) is 1.62. The van der Waals surface area contributed by atoms with Crippen LogP contribution in [0, 0.1) is 6.92 Å². The van der Waals surface area contributed by atoms with Gasteiger partial charge in [0.2, 0.25) is 10.0 Å². The van der Waals surface area contributed by atoms with Crippen LogP contribution in [0.15, 0.2) is 53.4 Å². The maximum atomic E-state index is 13.4. The van der Waals surface area contributed by atoms with Gasteiger partial charge >= 0.3 is 6.18 Å². The summed E-state index contributed by atoms with van der Waals surface area (Å²) in [5, 5.41) is 6.32. The molecule has 0 aliphatic heterocycles. The molecule has 148 valence electrons. The Morgan fingerprint density at radius 3 is 2.39 bits per heavy atom. The molecular weight excluding hydrogens is 417 g/mol. The van der Waals surface area contributed by atoms with Crippen molar-refractivity contribution >= 4 is 21.6 Å². The highest BCUT2D eigenvalue weighted by Crippen LogP contribution is 2.36. The lowest BCUT2D eigenvalue weighted by molar-refractivity contribution is -0.139. The van der Waals surface area contributed by atoms with Gasteiger partial charge in [-0.2, -0.15) is 23.0 Å². The lowest BCUT2D eigenvalue weighted by atomic mass is 10.1. The van der Waals surface area contributed by atoms with Crippen molar-refractivity contribution in [3.8, 4) is 0 Å². The molecule has 2 aromatic carbocycles. The van der Waals surface area contributed by atoms with Gasteiger partial charge < -0.3 is 0 Å². The van der Waals surface area contributed by atoms with E-state index in [1.165, 1.54) is 0 Å². The van der Waals surface area contributed by atoms with Crippen molar-refractivity contribution < 1.29 is 21.6 Å². The summed E-state index contributed by atoms with van der Waals surface area (Å²) in [7, 11) is -4.60. The molecule has 3 aromatic rings. The topological polar surface area (TPSA) is 87.7 Å². The van der Waals surface area contributed by atoms with Gasteiger partial charge in [-0.1, -0.05) is 41.9 Å². The van der Waals surface area contributed by atoms with E-state index >= 15 is 0 Å². The number of benzene rings is 2. The van der Waals surface area contributed by atoms with E-state index in [4.69, 9.17) is 11.6 Å². The number of nitrogens with one attached hydrogen (secondary N) is 2. The largest absolute Gasteiger partial charge is 0.417 e. The lowest BCUT2D eigenvalue weighted by Gasteiger charge is -2.19. The number of rotatable bonds is 5. The first kappa shape index (κ1) is 20.3. The highest BCUT2D eigenvalue weighted by molar-refractivity contribution is 7.89. The zero-order chi connectivity index (χ0) is 20.5. The monoisotopic (exact) mass is 430 g/mol. The molecule has 0 saturated carbocycles. The maximum absolute atomic E-state index is 13.4. The van der Waals surface area contributed by atoms with Gasteiger partial charge in [0.25, 0.3) is 0 Å². The molecule has 1 unspecified atom stereocenters. The smallest absolute Gasteiger partial charge is 0.263 e. The molecular formula is C17H14ClF3N4O2S. The second-order valence-corrected chi connectivity index (χ2v) is 8.00. The van der Waals surface area contributed by atoms with Crippen LogP contribution in [0.2, 0.25) is 5.02 Å². The van der Waals surface area contributed by atoms with Crippen molar-refractivity contribution in [1.29, 1.82) is 0 Å². The molecule has 2 N–H and O–H groups in total. The van der Waals surface area contributed by atoms with Gasteiger partial charge in [-0.25, -0.2) is 13.4 Å². The quantitative estimate of drug-likeness (QED) is 0.643. The molecule has 3 rings (SSSR count). The Balaban J connectivity index is 2.09. The molecule has 0 bridgehead atoms. The van der Waals surface area contributed by atoms with Crippen LogP contribution in [-0.4, -0.2) is 23.6 Å². The number of halogens is 4. The van der Waals surface area contributed by atoms with Crippen molar-refractivity contribution in [2.75, 3.05) is 0 Å². The maximum Gasteiger partial charge on any atom is 0.417 e. The van der Waals surface area contributed by atoms with Crippen LogP contribution in [0.4, 0.5) is 13.2 Å². The van der Waals surface area contributed by atoms with E-state index < -0.39 is 32.7 Å². The molecule has 1 heterocycles. The Morgan fingerprint density at radius 2 is 1.82 bits per heavy atom. The Hall–Kier alpha value is -2.43. The summed E-state index contributed by atoms with van der Waals surface area (Å²) in [5.41, 5.74) is -0.891. The van der Waals surface area contributed by atoms with Gasteiger partial charge in [-0.15, -0.1) is 0 Å². The van der Waals surface area contributed by atoms with Crippen LogP contribution in [0.3, 0.4) is 0 Å². The molecule has 0 aliphatic rings. The molecule has 0 saturated heterocycles. The van der Waals surface area contributed by atoms with Crippen LogP contribution in [0.5, 0.6) is 0 Å². The van der Waals surface area contributed by atoms with E-state index in [0.29, 0.717) is 17.5 Å². The third-order valence-electron chi connectivity index (χ3n) is 3.82. The van der Waals surface area contributed by atoms with E-state index in [-0.39, 0.29) is 10.8 Å². The molecule has 28 heavy (non-hydrogen) atoms. The number of aryl methyl sites for hydroxylation is 1. The molecule has 6 nitrogen and oxygen atoms in total. The van der Waals surface area contributed by atoms with Crippen LogP contribution >= 0.6 is 11.6 Å². The fourth-order valence-electron chi connectivity index (χ4n) is 2.58. The number of aromatic amines is 1. The van der Waals surface area contributed by atoms with Crippen LogP contribution in [0.1, 0.15) is 28.8 Å². The normalized spacial score (nSPS) is 13.5. The van der Waals surface area contributed by atoms with E-state index in [2.05, 4.69) is 19.9 Å². The van der Waals surface area contributed by atoms with E-state index in [1.54, 1.807) is 37.3 Å². The number of nitrogens with zero attached hydrogens (tertiary/aromatic N) is 2. The van der Waals surface area contributed by atoms with Crippen LogP contribution < -0.4 is 4.72 Å². The zero-order valence-electron chi connectivity index (χ0n) is 14.3. The predicted molar refractivity (Wildman–Crippen MR) is 96.2 cm³/mol. The first-order valence-corrected chi connectivity index (χ1v) is 9.77. The minimum absolute atomic E-state index is 0.0785. The fourth-order valence-corrected chi connectivity index (χ4v) is 4.14. The molecule has 11 heteroatoms. The lowest BCUT2D eigenvalue weighted by Crippen LogP contribution is -2.31. The second kappa shape index (κ2) is 7.53. The number of H-pyrrole nitrogens is 1. The highest BCUT2D eigenvalue weighted by atomic mass is 35.5. The van der Waals surface area contributed by atoms with Crippen molar-refractivity contribution in [3.05, 3.63) is 76.3 Å². The number of sulfonamides is 1. The third-order valence-corrected chi connectivity index (χ3v) is 5.53. The van der Waals surface area contributed by atoms with E-state index in [0.717, 1.165) is 12.1 Å². The number of hydrogen-bond acceptors (Lipinski definition) is 4. The number of alkyl halides is 3. The molecule has 0 amide bonds. The summed E-state index contributed by atoms with van der Waals surface area (Å²) in [6.07, 6.45) is -4.90. The van der Waals surface area contributed by atoms with Crippen molar-refractivity contribution in [1.82, 2.24) is 19.9 Å². The average Bonchev–Trinajstić information content (AvgIpc) is 3.05. The summed E-state index contributed by atoms with van der Waals surface area (Å²) < 4.78 is 68.1. The van der Waals surface area contributed by atoms with Gasteiger partial charge in [0, 0.05) is 5.02 Å². The molecule has 0 radical (unpaired) electrons. The average molecular weight is 431 g/mol. The Bertz CT molecular complexity index is 1090. The summed E-state index contributed by atoms with van der Waals surface area (Å²) >= 11 is 5.63. The molecule has 1 atom stereocenters. The predicted octanol–water partition coefficient (Wildman–Crippen LogP) is 3.85. The molecule has 1 aromatic heterocycles. The first-order valence-electron chi connectivity index (χ1n) is 7.91. The van der Waals surface area contributed by atoms with Crippen molar-refractivity contribution in [2.24, 2.45) is 0 Å². The number of aromatic nitrogens is 3. The van der Waals surface area contributed by atoms with Crippen molar-refractivity contribution in [2.45, 2.75) is 24.0 Å². The zero-order valence-corrected chi connectivity index (χ0v) is 15.9. The van der Waals surface area contributed by atoms with Crippen LogP contribution in [0.25, 0.3) is 0 Å². The highest BCUT2D eigenvalue weighted by Gasteiger charge is 2.38. The second-order valence-electron chi connectivity index (χ2n) is 5.88. The SMILES string of the molecule is Cc1nc(C(NS(=O)(=O)c2ccc(Cl)cc2C(F)(F)F)c2ccccc2)n[nH]1. The Morgan fingerprint density at radius 1 is 1.14 bits per heavy atom. The van der Waals surface area contributed by atoms with Gasteiger partial charge in [0.05, 0.1) is 10.5 Å². The molecule has 0 fully saturated rings. The van der Waals surface area contributed by atoms with Gasteiger partial charge in [0.15, 0.2) is 5.82 Å². The number of hydrogen-bond donors (Lipinski definition) is 2. The van der Waals surface area contributed by atoms with Crippen LogP contribution in [-0.2, 0) is 16.2 Å². The molecule has 0 spiro atoms. The minimum Gasteiger partial charge on any atom is -0.263 e. The summed E-state index contributed by atoms with van der Waals surface area (Å²) in [6, 6.07) is 9.67. The van der Waals surface area contributed by atoms with E-state index in [9.17, 15) is 21.6 Å². The van der Waals surface area contributed by atoms with Gasteiger partial charge in [-0.05, 0) is 30.7 Å².